The number of nitrogens with one attached hydrogen (secondary N) is 1. The molecular weight excluding hydrogens is 353 g/mol. The zero-order valence-electron chi connectivity index (χ0n) is 13.7. The fourth-order valence-electron chi connectivity index (χ4n) is 2.93. The molecule has 0 unspecified atom stereocenters. The molecule has 1 aromatic rings. The van der Waals surface area contributed by atoms with Gasteiger partial charge in [0.1, 0.15) is 0 Å². The smallest absolute Gasteiger partial charge is 0.270 e. The number of halogens is 2. The van der Waals surface area contributed by atoms with Crippen molar-refractivity contribution in [1.82, 2.24) is 10.2 Å². The van der Waals surface area contributed by atoms with E-state index in [1.807, 2.05) is 4.90 Å². The van der Waals surface area contributed by atoms with Gasteiger partial charge in [0.2, 0.25) is 5.91 Å². The van der Waals surface area contributed by atoms with Crippen LogP contribution in [-0.4, -0.2) is 41.4 Å². The lowest BCUT2D eigenvalue weighted by Crippen LogP contribution is -2.47. The Bertz CT molecular complexity index is 578. The fourth-order valence-corrected chi connectivity index (χ4v) is 3.17. The van der Waals surface area contributed by atoms with Gasteiger partial charge in [-0.1, -0.05) is 24.6 Å². The van der Waals surface area contributed by atoms with Crippen molar-refractivity contribution < 1.29 is 9.72 Å². The maximum absolute atomic E-state index is 12.7. The lowest BCUT2D eigenvalue weighted by molar-refractivity contribution is -0.384. The molecule has 1 amide bonds. The number of carbonyl (C=O) groups excluding carboxylic acids is 1. The first-order chi connectivity index (χ1) is 11.0. The molecule has 1 saturated heterocycles. The molecule has 1 aliphatic rings. The molecule has 8 heteroatoms. The summed E-state index contributed by atoms with van der Waals surface area (Å²) < 4.78 is 0. The maximum Gasteiger partial charge on any atom is 0.270 e. The SMILES string of the molecule is CCCN(C(=O)Cc1ccc([N+](=O)[O-])cc1Cl)C1CCNCC1.Cl. The van der Waals surface area contributed by atoms with E-state index in [-0.39, 0.29) is 41.5 Å². The Morgan fingerprint density at radius 2 is 2.08 bits per heavy atom. The molecule has 1 N–H and O–H groups in total. The number of non-ortho nitro benzene ring substituents is 1. The number of rotatable bonds is 6. The van der Waals surface area contributed by atoms with Crippen LogP contribution in [-0.2, 0) is 11.2 Å². The van der Waals surface area contributed by atoms with Crippen LogP contribution in [0.15, 0.2) is 18.2 Å². The lowest BCUT2D eigenvalue weighted by atomic mass is 10.0. The first-order valence-electron chi connectivity index (χ1n) is 7.96. The van der Waals surface area contributed by atoms with Gasteiger partial charge in [0.05, 0.1) is 16.4 Å². The highest BCUT2D eigenvalue weighted by atomic mass is 35.5. The monoisotopic (exact) mass is 375 g/mol. The molecular formula is C16H23Cl2N3O3. The molecule has 1 heterocycles. The largest absolute Gasteiger partial charge is 0.339 e. The van der Waals surface area contributed by atoms with Crippen molar-refractivity contribution in [3.63, 3.8) is 0 Å². The molecule has 1 aliphatic heterocycles. The standard InChI is InChI=1S/C16H22ClN3O3.ClH/c1-2-9-19(13-5-7-18-8-6-13)16(21)10-12-3-4-14(20(22)23)11-15(12)17;/h3-4,11,13,18H,2,5-10H2,1H3;1H. The topological polar surface area (TPSA) is 75.5 Å². The summed E-state index contributed by atoms with van der Waals surface area (Å²) >= 11 is 6.10. The summed E-state index contributed by atoms with van der Waals surface area (Å²) in [6.07, 6.45) is 3.00. The summed E-state index contributed by atoms with van der Waals surface area (Å²) in [5.41, 5.74) is 0.576. The van der Waals surface area contributed by atoms with Gasteiger partial charge in [0, 0.05) is 24.7 Å². The number of nitro benzene ring substituents is 1. The number of benzene rings is 1. The van der Waals surface area contributed by atoms with Crippen molar-refractivity contribution in [2.24, 2.45) is 0 Å². The van der Waals surface area contributed by atoms with E-state index in [2.05, 4.69) is 12.2 Å². The Morgan fingerprint density at radius 3 is 2.62 bits per heavy atom. The first kappa shape index (κ1) is 20.7. The van der Waals surface area contributed by atoms with Crippen molar-refractivity contribution in [3.05, 3.63) is 38.9 Å². The van der Waals surface area contributed by atoms with E-state index >= 15 is 0 Å². The van der Waals surface area contributed by atoms with Crippen LogP contribution >= 0.6 is 24.0 Å². The number of hydrogen-bond acceptors (Lipinski definition) is 4. The van der Waals surface area contributed by atoms with Gasteiger partial charge in [-0.3, -0.25) is 14.9 Å². The molecule has 0 atom stereocenters. The van der Waals surface area contributed by atoms with Crippen LogP contribution in [0.1, 0.15) is 31.7 Å². The molecule has 0 spiro atoms. The first-order valence-corrected chi connectivity index (χ1v) is 8.33. The van der Waals surface area contributed by atoms with E-state index in [0.717, 1.165) is 38.9 Å². The van der Waals surface area contributed by atoms with Crippen molar-refractivity contribution in [1.29, 1.82) is 0 Å². The predicted molar refractivity (Wildman–Crippen MR) is 97.0 cm³/mol. The number of nitro groups is 1. The normalized spacial score (nSPS) is 14.8. The summed E-state index contributed by atoms with van der Waals surface area (Å²) in [5, 5.41) is 14.3. The molecule has 0 aromatic heterocycles. The molecule has 0 bridgehead atoms. The van der Waals surface area contributed by atoms with E-state index in [1.165, 1.54) is 12.1 Å². The number of carbonyl (C=O) groups is 1. The number of piperidine rings is 1. The molecule has 0 aliphatic carbocycles. The van der Waals surface area contributed by atoms with Gasteiger partial charge in [0.25, 0.3) is 5.69 Å². The van der Waals surface area contributed by atoms with Crippen LogP contribution in [0.5, 0.6) is 0 Å². The van der Waals surface area contributed by atoms with Crippen LogP contribution in [0.25, 0.3) is 0 Å². The van der Waals surface area contributed by atoms with Crippen LogP contribution in [0.4, 0.5) is 5.69 Å². The Morgan fingerprint density at radius 1 is 1.42 bits per heavy atom. The molecule has 24 heavy (non-hydrogen) atoms. The van der Waals surface area contributed by atoms with E-state index in [0.29, 0.717) is 5.56 Å². The Kier molecular flexibility index (Phi) is 8.45. The second-order valence-corrected chi connectivity index (χ2v) is 6.19. The third kappa shape index (κ3) is 5.33. The highest BCUT2D eigenvalue weighted by molar-refractivity contribution is 6.31. The quantitative estimate of drug-likeness (QED) is 0.611. The highest BCUT2D eigenvalue weighted by Crippen LogP contribution is 2.24. The van der Waals surface area contributed by atoms with Crippen molar-refractivity contribution in [3.8, 4) is 0 Å². The molecule has 0 saturated carbocycles. The number of nitrogens with zero attached hydrogens (tertiary/aromatic N) is 2. The van der Waals surface area contributed by atoms with Gasteiger partial charge in [-0.05, 0) is 37.9 Å². The van der Waals surface area contributed by atoms with Gasteiger partial charge in [-0.15, -0.1) is 12.4 Å². The van der Waals surface area contributed by atoms with Gasteiger partial charge in [-0.2, -0.15) is 0 Å². The van der Waals surface area contributed by atoms with E-state index in [9.17, 15) is 14.9 Å². The molecule has 2 rings (SSSR count). The van der Waals surface area contributed by atoms with E-state index in [1.54, 1.807) is 6.07 Å². The van der Waals surface area contributed by atoms with E-state index in [4.69, 9.17) is 11.6 Å². The average Bonchev–Trinajstić information content (AvgIpc) is 2.55. The summed E-state index contributed by atoms with van der Waals surface area (Å²) in [7, 11) is 0. The Labute approximate surface area is 153 Å². The second-order valence-electron chi connectivity index (χ2n) is 5.78. The highest BCUT2D eigenvalue weighted by Gasteiger charge is 2.25. The number of amides is 1. The van der Waals surface area contributed by atoms with Crippen molar-refractivity contribution in [2.75, 3.05) is 19.6 Å². The summed E-state index contributed by atoms with van der Waals surface area (Å²) in [5.74, 6) is 0.0366. The van der Waals surface area contributed by atoms with Gasteiger partial charge < -0.3 is 10.2 Å². The Balaban J connectivity index is 0.00000288. The van der Waals surface area contributed by atoms with Crippen molar-refractivity contribution in [2.45, 2.75) is 38.6 Å². The van der Waals surface area contributed by atoms with Crippen molar-refractivity contribution >= 4 is 35.6 Å². The van der Waals surface area contributed by atoms with Crippen LogP contribution in [0.2, 0.25) is 5.02 Å². The van der Waals surface area contributed by atoms with Gasteiger partial charge >= 0.3 is 0 Å². The minimum Gasteiger partial charge on any atom is -0.339 e. The molecule has 1 fully saturated rings. The molecule has 1 aromatic carbocycles. The second kappa shape index (κ2) is 9.81. The van der Waals surface area contributed by atoms with Crippen LogP contribution in [0.3, 0.4) is 0 Å². The van der Waals surface area contributed by atoms with Crippen LogP contribution in [0, 0.1) is 10.1 Å². The van der Waals surface area contributed by atoms with Crippen LogP contribution < -0.4 is 5.32 Å². The third-order valence-corrected chi connectivity index (χ3v) is 4.48. The van der Waals surface area contributed by atoms with E-state index < -0.39 is 4.92 Å². The molecule has 6 nitrogen and oxygen atoms in total. The molecule has 0 radical (unpaired) electrons. The van der Waals surface area contributed by atoms with Gasteiger partial charge in [-0.25, -0.2) is 0 Å². The predicted octanol–water partition coefficient (Wildman–Crippen LogP) is 3.20. The summed E-state index contributed by atoms with van der Waals surface area (Å²) in [6, 6.07) is 4.54. The zero-order valence-corrected chi connectivity index (χ0v) is 15.2. The molecule has 134 valence electrons. The minimum atomic E-state index is -0.490. The number of hydrogen-bond donors (Lipinski definition) is 1. The minimum absolute atomic E-state index is 0. The summed E-state index contributed by atoms with van der Waals surface area (Å²) in [4.78, 5) is 24.9. The lowest BCUT2D eigenvalue weighted by Gasteiger charge is -2.34. The van der Waals surface area contributed by atoms with Gasteiger partial charge in [0.15, 0.2) is 0 Å². The average molecular weight is 376 g/mol. The third-order valence-electron chi connectivity index (χ3n) is 4.12. The zero-order chi connectivity index (χ0) is 16.8. The fraction of sp³-hybridized carbons (Fsp3) is 0.562. The summed E-state index contributed by atoms with van der Waals surface area (Å²) in [6.45, 7) is 4.64. The Hall–Kier alpha value is -1.37. The maximum atomic E-state index is 12.7.